The maximum atomic E-state index is 12.5. The third-order valence-corrected chi connectivity index (χ3v) is 22.8. The summed E-state index contributed by atoms with van der Waals surface area (Å²) in [7, 11) is 2.95. The molecule has 5 fully saturated rings. The zero-order valence-corrected chi connectivity index (χ0v) is 91.7. The van der Waals surface area contributed by atoms with Gasteiger partial charge in [-0.05, 0) is 145 Å². The quantitative estimate of drug-likeness (QED) is 0.0221. The molecule has 5 N–H and O–H groups in total. The first-order valence-electron chi connectivity index (χ1n) is 47.9. The molecule has 0 amide bonds. The summed E-state index contributed by atoms with van der Waals surface area (Å²) in [6.45, 7) is 58.8. The highest BCUT2D eigenvalue weighted by Crippen LogP contribution is 2.33. The lowest BCUT2D eigenvalue weighted by molar-refractivity contribution is -0.171. The van der Waals surface area contributed by atoms with Crippen LogP contribution in [-0.2, 0) is 109 Å². The number of hydrogen-bond acceptors (Lipinski definition) is 53. The number of ether oxygens (including phenoxy) is 20. The van der Waals surface area contributed by atoms with Crippen molar-refractivity contribution in [2.45, 2.75) is 261 Å². The van der Waals surface area contributed by atoms with Gasteiger partial charge in [-0.15, -0.1) is 21.9 Å². The Labute approximate surface area is 860 Å². The first-order valence-corrected chi connectivity index (χ1v) is 51.5. The average molecular weight is 2120 g/mol. The minimum Gasteiger partial charge on any atom is -0.470 e. The molecule has 48 nitrogen and oxygen atoms in total. The van der Waals surface area contributed by atoms with Crippen molar-refractivity contribution < 1.29 is 133 Å². The van der Waals surface area contributed by atoms with Gasteiger partial charge >= 0.3 is 47.8 Å². The van der Waals surface area contributed by atoms with Crippen LogP contribution in [0.25, 0.3) is 0 Å². The van der Waals surface area contributed by atoms with Gasteiger partial charge in [0.25, 0.3) is 29.4 Å². The van der Waals surface area contributed by atoms with Crippen LogP contribution < -0.4 is 74.8 Å². The Bertz CT molecular complexity index is 4280. The molecule has 0 spiro atoms. The Kier molecular flexibility index (Phi) is 54.0. The number of rotatable bonds is 47. The van der Waals surface area contributed by atoms with Gasteiger partial charge < -0.3 is 146 Å². The Morgan fingerprint density at radius 3 is 0.643 bits per heavy atom. The maximum Gasteiger partial charge on any atom is 0.347 e. The van der Waals surface area contributed by atoms with E-state index in [9.17, 15) is 38.4 Å². The molecule has 0 saturated carbocycles. The summed E-state index contributed by atoms with van der Waals surface area (Å²) in [6.07, 6.45) is -6.07. The van der Waals surface area contributed by atoms with E-state index >= 15 is 0 Å². The fraction of sp³-hybridized carbons (Fsp3) is 0.800. The minimum absolute atomic E-state index is 0.0877. The molecule has 10 atom stereocenters. The highest BCUT2D eigenvalue weighted by atomic mass is 32.1. The Balaban J connectivity index is 0.000000274. The van der Waals surface area contributed by atoms with Crippen LogP contribution >= 0.6 is 58.6 Å². The molecule has 0 radical (unpaired) electrons. The third-order valence-electron chi connectivity index (χ3n) is 20.3. The van der Waals surface area contributed by atoms with Gasteiger partial charge in [0, 0.05) is 160 Å². The van der Waals surface area contributed by atoms with E-state index in [-0.39, 0.29) is 67.1 Å². The minimum atomic E-state index is -0.991. The number of aromatic nitrogens is 10. The standard InChI is InChI=1S/C20H34N4O6S.2C18H30N4O6S.2C17H30N4O5S/c1-6-7-16(25)29-14(2)19(26)30-15(12-21-20(3,4)5)13-28-18-17(22-31-23-18)24-8-10-27-11-9-24;2*1-12(27-13(2)23)17(24)28-14(10-19-18(3,4)5)11-26-16-15(20-29-21-16)22-6-8-25-9-7-22;2*1-12(23-5)16(22)26-13(10-18-17(2,3)4)11-25-15-14(19-27-20-15)21-6-8-24-9-7-21/h14-15,21H,6-13H2,1-5H3;2*12,14,19H,6-11H2,1-5H3;2*12-13,18H,6-11H2,1-5H3. The van der Waals surface area contributed by atoms with E-state index in [0.717, 1.165) is 84.8 Å². The summed E-state index contributed by atoms with van der Waals surface area (Å²) in [5, 5.41) is 16.6. The van der Waals surface area contributed by atoms with E-state index in [1.165, 1.54) is 48.8 Å². The molecular formula is C90H154N20O28S5. The Morgan fingerprint density at radius 1 is 0.294 bits per heavy atom. The number of morpholine rings is 5. The number of methoxy groups -OCH3 is 2. The lowest BCUT2D eigenvalue weighted by Crippen LogP contribution is -2.45. The molecule has 5 aliphatic heterocycles. The fourth-order valence-electron chi connectivity index (χ4n) is 12.4. The van der Waals surface area contributed by atoms with Crippen LogP contribution in [0.1, 0.15) is 172 Å². The second-order valence-electron chi connectivity index (χ2n) is 38.6. The average Bonchev–Trinajstić information content (AvgIpc) is 1.73. The molecule has 5 aromatic heterocycles. The van der Waals surface area contributed by atoms with Crippen LogP contribution in [0.3, 0.4) is 0 Å². The lowest BCUT2D eigenvalue weighted by Gasteiger charge is -2.28. The van der Waals surface area contributed by atoms with Gasteiger partial charge in [-0.1, -0.05) is 6.92 Å². The number of carbonyl (C=O) groups excluding carboxylic acids is 8. The summed E-state index contributed by atoms with van der Waals surface area (Å²) < 4.78 is 152. The summed E-state index contributed by atoms with van der Waals surface area (Å²) in [4.78, 5) is 105. The van der Waals surface area contributed by atoms with Gasteiger partial charge in [-0.25, -0.2) is 24.0 Å². The number of esters is 8. The molecule has 5 aliphatic rings. The molecule has 812 valence electrons. The van der Waals surface area contributed by atoms with Gasteiger partial charge in [0.05, 0.1) is 125 Å². The van der Waals surface area contributed by atoms with Gasteiger partial charge in [0.2, 0.25) is 29.1 Å². The Morgan fingerprint density at radius 2 is 0.476 bits per heavy atom. The third kappa shape index (κ3) is 49.4. The van der Waals surface area contributed by atoms with Crippen molar-refractivity contribution in [1.29, 1.82) is 0 Å². The molecule has 53 heteroatoms. The second-order valence-corrected chi connectivity index (χ2v) is 41.2. The largest absolute Gasteiger partial charge is 0.470 e. The number of hydrogen-bond donors (Lipinski definition) is 5. The number of anilines is 5. The number of carbonyl (C=O) groups is 8. The Hall–Kier alpha value is -8.92. The van der Waals surface area contributed by atoms with Gasteiger partial charge in [0.15, 0.2) is 30.5 Å². The zero-order chi connectivity index (χ0) is 105. The summed E-state index contributed by atoms with van der Waals surface area (Å²) >= 11 is 5.41. The van der Waals surface area contributed by atoms with Crippen LogP contribution in [-0.4, -0.2) is 392 Å². The molecule has 143 heavy (non-hydrogen) atoms. The molecule has 10 heterocycles. The van der Waals surface area contributed by atoms with Gasteiger partial charge in [0.1, 0.15) is 63.6 Å². The van der Waals surface area contributed by atoms with Crippen molar-refractivity contribution in [2.24, 2.45) is 0 Å². The van der Waals surface area contributed by atoms with E-state index in [0.29, 0.717) is 203 Å². The topological polar surface area (TPSA) is 526 Å². The second kappa shape index (κ2) is 62.9. The van der Waals surface area contributed by atoms with Crippen LogP contribution in [0, 0.1) is 0 Å². The van der Waals surface area contributed by atoms with Crippen LogP contribution in [0.2, 0.25) is 0 Å². The van der Waals surface area contributed by atoms with Crippen molar-refractivity contribution in [3.8, 4) is 29.4 Å². The van der Waals surface area contributed by atoms with E-state index in [1.807, 2.05) is 111 Å². The van der Waals surface area contributed by atoms with E-state index in [4.69, 9.17) is 94.7 Å². The molecule has 0 bridgehead atoms. The van der Waals surface area contributed by atoms with Crippen LogP contribution in [0.4, 0.5) is 29.1 Å². The normalized spacial score (nSPS) is 17.0. The summed E-state index contributed by atoms with van der Waals surface area (Å²) in [6, 6.07) is 0. The molecule has 5 saturated heterocycles. The summed E-state index contributed by atoms with van der Waals surface area (Å²) in [5.74, 6) is 1.33. The van der Waals surface area contributed by atoms with Gasteiger partial charge in [-0.3, -0.25) is 14.4 Å². The molecule has 10 rings (SSSR count). The van der Waals surface area contributed by atoms with Gasteiger partial charge in [-0.2, -0.15) is 21.9 Å². The predicted molar refractivity (Wildman–Crippen MR) is 536 cm³/mol. The highest BCUT2D eigenvalue weighted by molar-refractivity contribution is 7.00. The van der Waals surface area contributed by atoms with Crippen LogP contribution in [0.15, 0.2) is 0 Å². The van der Waals surface area contributed by atoms with E-state index in [1.54, 1.807) is 13.8 Å². The number of nitrogens with zero attached hydrogens (tertiary/aromatic N) is 15. The van der Waals surface area contributed by atoms with Crippen molar-refractivity contribution in [3.63, 3.8) is 0 Å². The lowest BCUT2D eigenvalue weighted by atomic mass is 10.1. The molecule has 0 aromatic carbocycles. The van der Waals surface area contributed by atoms with E-state index in [2.05, 4.69) is 94.8 Å². The monoisotopic (exact) mass is 2120 g/mol. The van der Waals surface area contributed by atoms with Crippen molar-refractivity contribution >= 4 is 135 Å². The molecule has 10 unspecified atom stereocenters. The molecular weight excluding hydrogens is 1970 g/mol. The maximum absolute atomic E-state index is 12.5. The smallest absolute Gasteiger partial charge is 0.347 e. The molecule has 0 aliphatic carbocycles. The van der Waals surface area contributed by atoms with Crippen molar-refractivity contribution in [2.75, 3.05) is 236 Å². The fourth-order valence-corrected chi connectivity index (χ4v) is 15.0. The SMILES string of the molecule is CC(=O)OC(C)C(=O)OC(CNC(C)(C)C)COc1nsnc1N1CCOCC1.CC(=O)OC(C)C(=O)OC(CNC(C)(C)C)COc1nsnc1N1CCOCC1.CCCC(=O)OC(C)C(=O)OC(CNC(C)(C)C)COc1nsnc1N1CCOCC1.COC(C)C(=O)OC(CNC(C)(C)C)COc1nsnc1N1CCOCC1.COC(C)C(=O)OC(CNC(C)(C)C)COc1nsnc1N1CCOCC1. The van der Waals surface area contributed by atoms with Crippen molar-refractivity contribution in [3.05, 3.63) is 0 Å². The highest BCUT2D eigenvalue weighted by Gasteiger charge is 2.35. The van der Waals surface area contributed by atoms with Crippen LogP contribution in [0.5, 0.6) is 29.4 Å². The number of nitrogens with one attached hydrogen (secondary N) is 5. The first kappa shape index (κ1) is 123. The summed E-state index contributed by atoms with van der Waals surface area (Å²) in [5.41, 5.74) is -0.747. The van der Waals surface area contributed by atoms with E-state index < -0.39 is 109 Å². The zero-order valence-electron chi connectivity index (χ0n) is 87.6. The predicted octanol–water partition coefficient (Wildman–Crippen LogP) is 5.97. The first-order chi connectivity index (χ1) is 67.6. The molecule has 5 aromatic rings. The van der Waals surface area contributed by atoms with Crippen molar-refractivity contribution in [1.82, 2.24) is 70.3 Å².